The van der Waals surface area contributed by atoms with Crippen LogP contribution in [-0.2, 0) is 6.61 Å². The lowest BCUT2D eigenvalue weighted by molar-refractivity contribution is 0.276. The first kappa shape index (κ1) is 13.5. The fourth-order valence-corrected chi connectivity index (χ4v) is 1.91. The molecular weight excluding hydrogens is 290 g/mol. The highest BCUT2D eigenvalue weighted by molar-refractivity contribution is 6.30. The van der Waals surface area contributed by atoms with Crippen LogP contribution in [0.2, 0.25) is 5.02 Å². The summed E-state index contributed by atoms with van der Waals surface area (Å²) >= 11 is 5.71. The van der Waals surface area contributed by atoms with Gasteiger partial charge < -0.3 is 4.74 Å². The van der Waals surface area contributed by atoms with Crippen molar-refractivity contribution >= 4 is 11.6 Å². The summed E-state index contributed by atoms with van der Waals surface area (Å²) in [4.78, 5) is 7.90. The van der Waals surface area contributed by atoms with Gasteiger partial charge in [-0.1, -0.05) is 35.0 Å². The SMILES string of the molecule is Cc1ccccc1-n1cc(COc2ncc(Cl)cn2)nn1. The van der Waals surface area contributed by atoms with Crippen molar-refractivity contribution < 1.29 is 4.74 Å². The summed E-state index contributed by atoms with van der Waals surface area (Å²) in [7, 11) is 0. The Labute approximate surface area is 126 Å². The third-order valence-electron chi connectivity index (χ3n) is 2.85. The van der Waals surface area contributed by atoms with E-state index in [1.165, 1.54) is 12.4 Å². The summed E-state index contributed by atoms with van der Waals surface area (Å²) in [5.74, 6) is 0. The topological polar surface area (TPSA) is 65.7 Å². The number of rotatable bonds is 4. The lowest BCUT2D eigenvalue weighted by atomic mass is 10.2. The molecule has 0 N–H and O–H groups in total. The lowest BCUT2D eigenvalue weighted by Gasteiger charge is -2.03. The second-order valence-corrected chi connectivity index (χ2v) is 4.85. The highest BCUT2D eigenvalue weighted by Crippen LogP contribution is 2.13. The Morgan fingerprint density at radius 1 is 1.19 bits per heavy atom. The van der Waals surface area contributed by atoms with Gasteiger partial charge in [0.25, 0.3) is 0 Å². The summed E-state index contributed by atoms with van der Waals surface area (Å²) in [6.07, 6.45) is 4.78. The molecular formula is C14H12ClN5O. The number of hydrogen-bond acceptors (Lipinski definition) is 5. The van der Waals surface area contributed by atoms with Gasteiger partial charge in [0.1, 0.15) is 12.3 Å². The van der Waals surface area contributed by atoms with Crippen molar-refractivity contribution in [2.45, 2.75) is 13.5 Å². The predicted molar refractivity (Wildman–Crippen MR) is 77.5 cm³/mol. The lowest BCUT2D eigenvalue weighted by Crippen LogP contribution is -1.99. The maximum absolute atomic E-state index is 5.71. The molecule has 3 rings (SSSR count). The van der Waals surface area contributed by atoms with Crippen molar-refractivity contribution in [3.05, 3.63) is 59.1 Å². The van der Waals surface area contributed by atoms with E-state index in [-0.39, 0.29) is 12.6 Å². The van der Waals surface area contributed by atoms with Crippen molar-refractivity contribution in [2.75, 3.05) is 0 Å². The molecule has 0 bridgehead atoms. The number of halogens is 1. The monoisotopic (exact) mass is 301 g/mol. The van der Waals surface area contributed by atoms with Crippen molar-refractivity contribution in [3.63, 3.8) is 0 Å². The average molecular weight is 302 g/mol. The first-order valence-electron chi connectivity index (χ1n) is 6.30. The van der Waals surface area contributed by atoms with Gasteiger partial charge in [0.05, 0.1) is 29.3 Å². The molecule has 0 saturated carbocycles. The van der Waals surface area contributed by atoms with Gasteiger partial charge in [0.2, 0.25) is 0 Å². The van der Waals surface area contributed by atoms with Crippen molar-refractivity contribution in [1.29, 1.82) is 0 Å². The second kappa shape index (κ2) is 5.88. The first-order valence-corrected chi connectivity index (χ1v) is 6.68. The fraction of sp³-hybridized carbons (Fsp3) is 0.143. The maximum Gasteiger partial charge on any atom is 0.316 e. The van der Waals surface area contributed by atoms with Crippen LogP contribution in [0.3, 0.4) is 0 Å². The molecule has 2 heterocycles. The third-order valence-corrected chi connectivity index (χ3v) is 3.04. The van der Waals surface area contributed by atoms with Crippen molar-refractivity contribution in [2.24, 2.45) is 0 Å². The average Bonchev–Trinajstić information content (AvgIpc) is 2.96. The Hall–Kier alpha value is -2.47. The quantitative estimate of drug-likeness (QED) is 0.741. The molecule has 0 aliphatic rings. The van der Waals surface area contributed by atoms with Crippen LogP contribution in [0.1, 0.15) is 11.3 Å². The number of ether oxygens (including phenoxy) is 1. The van der Waals surface area contributed by atoms with Crippen LogP contribution < -0.4 is 4.74 Å². The predicted octanol–water partition coefficient (Wildman–Crippen LogP) is 2.60. The van der Waals surface area contributed by atoms with E-state index in [0.29, 0.717) is 10.7 Å². The zero-order chi connectivity index (χ0) is 14.7. The molecule has 0 saturated heterocycles. The molecule has 0 amide bonds. The van der Waals surface area contributed by atoms with Gasteiger partial charge in [0, 0.05) is 0 Å². The molecule has 0 fully saturated rings. The third kappa shape index (κ3) is 3.17. The Bertz CT molecular complexity index is 741. The fourth-order valence-electron chi connectivity index (χ4n) is 1.82. The Balaban J connectivity index is 1.71. The maximum atomic E-state index is 5.71. The molecule has 0 atom stereocenters. The van der Waals surface area contributed by atoms with E-state index < -0.39 is 0 Å². The molecule has 3 aromatic rings. The van der Waals surface area contributed by atoms with Gasteiger partial charge in [-0.15, -0.1) is 5.10 Å². The smallest absolute Gasteiger partial charge is 0.316 e. The highest BCUT2D eigenvalue weighted by Gasteiger charge is 2.06. The van der Waals surface area contributed by atoms with E-state index in [4.69, 9.17) is 16.3 Å². The van der Waals surface area contributed by atoms with E-state index in [2.05, 4.69) is 20.3 Å². The summed E-state index contributed by atoms with van der Waals surface area (Å²) in [5.41, 5.74) is 2.80. The number of nitrogens with zero attached hydrogens (tertiary/aromatic N) is 5. The van der Waals surface area contributed by atoms with Crippen LogP contribution in [0.25, 0.3) is 5.69 Å². The molecule has 0 unspecified atom stereocenters. The minimum atomic E-state index is 0.244. The molecule has 21 heavy (non-hydrogen) atoms. The summed E-state index contributed by atoms with van der Waals surface area (Å²) in [5, 5.41) is 8.64. The molecule has 0 spiro atoms. The van der Waals surface area contributed by atoms with E-state index in [0.717, 1.165) is 11.3 Å². The molecule has 2 aromatic heterocycles. The molecule has 0 aliphatic carbocycles. The summed E-state index contributed by atoms with van der Waals surface area (Å²) in [6, 6.07) is 8.20. The van der Waals surface area contributed by atoms with Gasteiger partial charge in [-0.25, -0.2) is 14.6 Å². The van der Waals surface area contributed by atoms with Gasteiger partial charge in [-0.05, 0) is 18.6 Å². The van der Waals surface area contributed by atoms with Gasteiger partial charge >= 0.3 is 6.01 Å². The number of hydrogen-bond donors (Lipinski definition) is 0. The van der Waals surface area contributed by atoms with E-state index in [1.807, 2.05) is 37.4 Å². The normalized spacial score (nSPS) is 10.6. The Morgan fingerprint density at radius 2 is 1.95 bits per heavy atom. The van der Waals surface area contributed by atoms with Gasteiger partial charge in [-0.3, -0.25) is 0 Å². The molecule has 1 aromatic carbocycles. The molecule has 7 heteroatoms. The van der Waals surface area contributed by atoms with Gasteiger partial charge in [0.15, 0.2) is 0 Å². The number of benzene rings is 1. The van der Waals surface area contributed by atoms with Crippen LogP contribution in [0.5, 0.6) is 6.01 Å². The van der Waals surface area contributed by atoms with Gasteiger partial charge in [-0.2, -0.15) is 0 Å². The zero-order valence-electron chi connectivity index (χ0n) is 11.3. The number of aromatic nitrogens is 5. The van der Waals surface area contributed by atoms with Crippen molar-refractivity contribution in [3.8, 4) is 11.7 Å². The van der Waals surface area contributed by atoms with E-state index in [1.54, 1.807) is 4.68 Å². The molecule has 0 radical (unpaired) electrons. The Kier molecular flexibility index (Phi) is 3.79. The molecule has 106 valence electrons. The first-order chi connectivity index (χ1) is 10.2. The standard InChI is InChI=1S/C14H12ClN5O/c1-10-4-2-3-5-13(10)20-8-12(18-19-20)9-21-14-16-6-11(15)7-17-14/h2-8H,9H2,1H3. The summed E-state index contributed by atoms with van der Waals surface area (Å²) in [6.45, 7) is 2.27. The molecule has 6 nitrogen and oxygen atoms in total. The van der Waals surface area contributed by atoms with E-state index >= 15 is 0 Å². The van der Waals surface area contributed by atoms with E-state index in [9.17, 15) is 0 Å². The highest BCUT2D eigenvalue weighted by atomic mass is 35.5. The van der Waals surface area contributed by atoms with Crippen LogP contribution >= 0.6 is 11.6 Å². The van der Waals surface area contributed by atoms with Crippen LogP contribution in [0.4, 0.5) is 0 Å². The zero-order valence-corrected chi connectivity index (χ0v) is 12.0. The minimum absolute atomic E-state index is 0.244. The number of para-hydroxylation sites is 1. The molecule has 0 aliphatic heterocycles. The largest absolute Gasteiger partial charge is 0.457 e. The van der Waals surface area contributed by atoms with Crippen LogP contribution in [0, 0.1) is 6.92 Å². The van der Waals surface area contributed by atoms with Crippen LogP contribution in [-0.4, -0.2) is 25.0 Å². The second-order valence-electron chi connectivity index (χ2n) is 4.41. The minimum Gasteiger partial charge on any atom is -0.457 e. The summed E-state index contributed by atoms with van der Waals surface area (Å²) < 4.78 is 7.15. The van der Waals surface area contributed by atoms with Crippen molar-refractivity contribution in [1.82, 2.24) is 25.0 Å². The Morgan fingerprint density at radius 3 is 2.71 bits per heavy atom. The van der Waals surface area contributed by atoms with Crippen LogP contribution in [0.15, 0.2) is 42.9 Å². The number of aryl methyl sites for hydroxylation is 1.